The molecule has 0 spiro atoms. The first-order chi connectivity index (χ1) is 7.83. The van der Waals surface area contributed by atoms with Crippen molar-refractivity contribution in [2.24, 2.45) is 0 Å². The van der Waals surface area contributed by atoms with Gasteiger partial charge in [0, 0.05) is 13.0 Å². The Kier molecular flexibility index (Phi) is 6.50. The summed E-state index contributed by atoms with van der Waals surface area (Å²) in [5.74, 6) is 1.08. The van der Waals surface area contributed by atoms with Crippen LogP contribution in [0.3, 0.4) is 0 Å². The summed E-state index contributed by atoms with van der Waals surface area (Å²) >= 11 is 0. The number of rotatable bonds is 8. The lowest BCUT2D eigenvalue weighted by molar-refractivity contribution is 0.0262. The summed E-state index contributed by atoms with van der Waals surface area (Å²) in [6.07, 6.45) is 5.58. The molecule has 0 amide bonds. The molecule has 1 heterocycles. The molecule has 3 heteroatoms. The van der Waals surface area contributed by atoms with Gasteiger partial charge in [-0.1, -0.05) is 13.8 Å². The highest BCUT2D eigenvalue weighted by atomic mass is 16.5. The van der Waals surface area contributed by atoms with Crippen LogP contribution in [0.25, 0.3) is 0 Å². The van der Waals surface area contributed by atoms with Gasteiger partial charge in [0.15, 0.2) is 0 Å². The first-order valence-electron chi connectivity index (χ1n) is 6.51. The lowest BCUT2D eigenvalue weighted by atomic mass is 10.1. The van der Waals surface area contributed by atoms with Crippen LogP contribution in [-0.4, -0.2) is 31.9 Å². The molecule has 94 valence electrons. The summed E-state index contributed by atoms with van der Waals surface area (Å²) in [7, 11) is 0. The van der Waals surface area contributed by atoms with Crippen LogP contribution in [0.1, 0.15) is 40.0 Å². The maximum absolute atomic E-state index is 5.78. The summed E-state index contributed by atoms with van der Waals surface area (Å²) in [6.45, 7) is 8.97. The van der Waals surface area contributed by atoms with Crippen molar-refractivity contribution < 1.29 is 9.47 Å². The Morgan fingerprint density at radius 3 is 2.75 bits per heavy atom. The summed E-state index contributed by atoms with van der Waals surface area (Å²) in [5.41, 5.74) is 0. The van der Waals surface area contributed by atoms with Gasteiger partial charge in [-0.3, -0.25) is 0 Å². The molecular weight excluding hydrogens is 202 g/mol. The van der Waals surface area contributed by atoms with E-state index in [-0.39, 0.29) is 12.1 Å². The zero-order valence-corrected chi connectivity index (χ0v) is 10.8. The first kappa shape index (κ1) is 13.5. The van der Waals surface area contributed by atoms with Crippen LogP contribution >= 0.6 is 0 Å². The fourth-order valence-corrected chi connectivity index (χ4v) is 2.03. The highest BCUT2D eigenvalue weighted by Crippen LogP contribution is 2.19. The molecule has 2 atom stereocenters. The van der Waals surface area contributed by atoms with Gasteiger partial charge in [-0.25, -0.2) is 0 Å². The topological polar surface area (TPSA) is 30.5 Å². The van der Waals surface area contributed by atoms with Gasteiger partial charge < -0.3 is 14.8 Å². The van der Waals surface area contributed by atoms with E-state index >= 15 is 0 Å². The maximum Gasteiger partial charge on any atom is 0.112 e. The molecule has 0 aromatic heterocycles. The Morgan fingerprint density at radius 1 is 1.44 bits per heavy atom. The molecule has 1 aliphatic heterocycles. The summed E-state index contributed by atoms with van der Waals surface area (Å²) in [6, 6.07) is 0.229. The maximum atomic E-state index is 5.78. The molecule has 3 nitrogen and oxygen atoms in total. The molecule has 0 aliphatic carbocycles. The first-order valence-corrected chi connectivity index (χ1v) is 6.51. The minimum Gasteiger partial charge on any atom is -0.496 e. The van der Waals surface area contributed by atoms with Gasteiger partial charge in [-0.15, -0.1) is 0 Å². The van der Waals surface area contributed by atoms with Crippen molar-refractivity contribution in [3.05, 3.63) is 11.8 Å². The van der Waals surface area contributed by atoms with Crippen LogP contribution in [0, 0.1) is 0 Å². The molecule has 0 aromatic carbocycles. The second kappa shape index (κ2) is 7.69. The van der Waals surface area contributed by atoms with Crippen molar-refractivity contribution in [1.82, 2.24) is 5.32 Å². The summed E-state index contributed by atoms with van der Waals surface area (Å²) in [4.78, 5) is 0. The van der Waals surface area contributed by atoms with E-state index in [9.17, 15) is 0 Å². The fourth-order valence-electron chi connectivity index (χ4n) is 2.03. The SMILES string of the molecule is CCCNC(C1=CCCO1)C(CC)OCC. The van der Waals surface area contributed by atoms with Crippen molar-refractivity contribution >= 4 is 0 Å². The molecule has 0 aromatic rings. The molecule has 2 unspecified atom stereocenters. The van der Waals surface area contributed by atoms with Gasteiger partial charge >= 0.3 is 0 Å². The fraction of sp³-hybridized carbons (Fsp3) is 0.846. The summed E-state index contributed by atoms with van der Waals surface area (Å²) < 4.78 is 11.4. The molecule has 16 heavy (non-hydrogen) atoms. The predicted octanol–water partition coefficient (Wildman–Crippen LogP) is 2.47. The van der Waals surface area contributed by atoms with Gasteiger partial charge in [0.25, 0.3) is 0 Å². The van der Waals surface area contributed by atoms with E-state index in [2.05, 4.69) is 25.2 Å². The van der Waals surface area contributed by atoms with Crippen LogP contribution in [0.2, 0.25) is 0 Å². The van der Waals surface area contributed by atoms with Crippen molar-refractivity contribution in [1.29, 1.82) is 0 Å². The average molecular weight is 227 g/mol. The third-order valence-corrected chi connectivity index (χ3v) is 2.81. The molecule has 0 saturated carbocycles. The van der Waals surface area contributed by atoms with E-state index in [1.807, 2.05) is 6.92 Å². The minimum atomic E-state index is 0.223. The number of hydrogen-bond donors (Lipinski definition) is 1. The molecule has 1 N–H and O–H groups in total. The smallest absolute Gasteiger partial charge is 0.112 e. The molecule has 0 saturated heterocycles. The number of nitrogens with one attached hydrogen (secondary N) is 1. The minimum absolute atomic E-state index is 0.223. The van der Waals surface area contributed by atoms with Gasteiger partial charge in [0.2, 0.25) is 0 Å². The monoisotopic (exact) mass is 227 g/mol. The Morgan fingerprint density at radius 2 is 2.25 bits per heavy atom. The van der Waals surface area contributed by atoms with Crippen LogP contribution in [0.4, 0.5) is 0 Å². The van der Waals surface area contributed by atoms with Gasteiger partial charge in [-0.05, 0) is 32.4 Å². The molecule has 1 aliphatic rings. The zero-order chi connectivity index (χ0) is 11.8. The van der Waals surface area contributed by atoms with E-state index in [1.165, 1.54) is 0 Å². The van der Waals surface area contributed by atoms with E-state index in [0.717, 1.165) is 44.8 Å². The Bertz CT molecular complexity index is 216. The molecule has 0 fully saturated rings. The quantitative estimate of drug-likeness (QED) is 0.691. The van der Waals surface area contributed by atoms with E-state index < -0.39 is 0 Å². The highest BCUT2D eigenvalue weighted by molar-refractivity contribution is 5.09. The van der Waals surface area contributed by atoms with Crippen LogP contribution < -0.4 is 5.32 Å². The summed E-state index contributed by atoms with van der Waals surface area (Å²) in [5, 5.41) is 3.53. The number of hydrogen-bond acceptors (Lipinski definition) is 3. The van der Waals surface area contributed by atoms with Gasteiger partial charge in [0.05, 0.1) is 18.8 Å². The zero-order valence-electron chi connectivity index (χ0n) is 10.8. The predicted molar refractivity (Wildman–Crippen MR) is 66.4 cm³/mol. The molecule has 0 bridgehead atoms. The third-order valence-electron chi connectivity index (χ3n) is 2.81. The Hall–Kier alpha value is -0.540. The van der Waals surface area contributed by atoms with E-state index in [1.54, 1.807) is 0 Å². The van der Waals surface area contributed by atoms with Crippen LogP contribution in [0.5, 0.6) is 0 Å². The standard InChI is InChI=1S/C13H25NO2/c1-4-9-14-13(11(5-2)15-6-3)12-8-7-10-16-12/h8,11,13-14H,4-7,9-10H2,1-3H3. The second-order valence-electron chi connectivity index (χ2n) is 4.08. The molecular formula is C13H25NO2. The third kappa shape index (κ3) is 3.80. The van der Waals surface area contributed by atoms with Gasteiger partial charge in [-0.2, -0.15) is 0 Å². The van der Waals surface area contributed by atoms with Crippen LogP contribution in [0.15, 0.2) is 11.8 Å². The lowest BCUT2D eigenvalue weighted by Crippen LogP contribution is -2.43. The Labute approximate surface area is 99.2 Å². The van der Waals surface area contributed by atoms with Crippen molar-refractivity contribution in [2.45, 2.75) is 52.2 Å². The van der Waals surface area contributed by atoms with Crippen molar-refractivity contribution in [2.75, 3.05) is 19.8 Å². The second-order valence-corrected chi connectivity index (χ2v) is 4.08. The van der Waals surface area contributed by atoms with E-state index in [4.69, 9.17) is 9.47 Å². The van der Waals surface area contributed by atoms with E-state index in [0.29, 0.717) is 0 Å². The van der Waals surface area contributed by atoms with Crippen molar-refractivity contribution in [3.8, 4) is 0 Å². The normalized spacial score (nSPS) is 19.1. The highest BCUT2D eigenvalue weighted by Gasteiger charge is 2.26. The largest absolute Gasteiger partial charge is 0.496 e. The number of ether oxygens (including phenoxy) is 2. The Balaban J connectivity index is 2.59. The molecule has 1 rings (SSSR count). The van der Waals surface area contributed by atoms with Gasteiger partial charge in [0.1, 0.15) is 5.76 Å². The van der Waals surface area contributed by atoms with Crippen molar-refractivity contribution in [3.63, 3.8) is 0 Å². The molecule has 0 radical (unpaired) electrons. The lowest BCUT2D eigenvalue weighted by Gasteiger charge is -2.27. The van der Waals surface area contributed by atoms with Crippen LogP contribution in [-0.2, 0) is 9.47 Å². The average Bonchev–Trinajstić information content (AvgIpc) is 2.81.